The number of aryl methyl sites for hydroxylation is 2. The fraction of sp³-hybridized carbons (Fsp3) is 0.278. The molecule has 3 rings (SSSR count). The number of hydrogen-bond donors (Lipinski definition) is 2. The highest BCUT2D eigenvalue weighted by atomic mass is 32.1. The number of carbonyl (C=O) groups is 1. The van der Waals surface area contributed by atoms with Crippen LogP contribution in [0.15, 0.2) is 36.4 Å². The molecule has 1 aromatic carbocycles. The minimum atomic E-state index is -0.893. The Labute approximate surface area is 144 Å². The number of carboxylic acid groups (broad SMARTS) is 1. The number of anilines is 1. The normalized spacial score (nSPS) is 12.2. The molecule has 0 bridgehead atoms. The molecule has 0 unspecified atom stereocenters. The summed E-state index contributed by atoms with van der Waals surface area (Å²) in [4.78, 5) is 22.8. The first-order valence-corrected chi connectivity index (χ1v) is 8.68. The van der Waals surface area contributed by atoms with Crippen molar-refractivity contribution in [2.45, 2.75) is 32.7 Å². The van der Waals surface area contributed by atoms with Crippen LogP contribution in [0.4, 0.5) is 5.82 Å². The van der Waals surface area contributed by atoms with Gasteiger partial charge >= 0.3 is 5.97 Å². The van der Waals surface area contributed by atoms with Crippen molar-refractivity contribution in [2.75, 3.05) is 5.32 Å². The largest absolute Gasteiger partial charge is 0.480 e. The van der Waals surface area contributed by atoms with E-state index in [2.05, 4.69) is 15.3 Å². The van der Waals surface area contributed by atoms with E-state index in [0.29, 0.717) is 18.7 Å². The van der Waals surface area contributed by atoms with Gasteiger partial charge in [-0.05, 0) is 18.6 Å². The van der Waals surface area contributed by atoms with Gasteiger partial charge < -0.3 is 10.4 Å². The zero-order chi connectivity index (χ0) is 17.1. The van der Waals surface area contributed by atoms with Crippen molar-refractivity contribution in [3.63, 3.8) is 0 Å². The van der Waals surface area contributed by atoms with Crippen molar-refractivity contribution in [2.24, 2.45) is 0 Å². The van der Waals surface area contributed by atoms with Crippen molar-refractivity contribution >= 4 is 33.3 Å². The van der Waals surface area contributed by atoms with Gasteiger partial charge in [0.1, 0.15) is 22.5 Å². The molecule has 0 spiro atoms. The SMILES string of the molecule is CCc1nc(N[C@@H](Cc2ccccc2)C(=O)O)c2cc(C)sc2n1. The topological polar surface area (TPSA) is 75.1 Å². The molecule has 0 amide bonds. The van der Waals surface area contributed by atoms with E-state index in [1.807, 2.05) is 50.2 Å². The Morgan fingerprint density at radius 2 is 2.04 bits per heavy atom. The van der Waals surface area contributed by atoms with Gasteiger partial charge in [-0.2, -0.15) is 0 Å². The average molecular weight is 341 g/mol. The molecule has 0 aliphatic heterocycles. The molecule has 0 fully saturated rings. The first-order chi connectivity index (χ1) is 11.6. The molecule has 0 radical (unpaired) electrons. The van der Waals surface area contributed by atoms with Gasteiger partial charge in [0.2, 0.25) is 0 Å². The quantitative estimate of drug-likeness (QED) is 0.715. The lowest BCUT2D eigenvalue weighted by Gasteiger charge is -2.16. The molecule has 0 aliphatic carbocycles. The van der Waals surface area contributed by atoms with Gasteiger partial charge in [-0.3, -0.25) is 0 Å². The molecule has 3 aromatic rings. The summed E-state index contributed by atoms with van der Waals surface area (Å²) in [6, 6.07) is 10.9. The van der Waals surface area contributed by atoms with E-state index in [4.69, 9.17) is 0 Å². The summed E-state index contributed by atoms with van der Waals surface area (Å²) in [7, 11) is 0. The molecule has 0 saturated carbocycles. The van der Waals surface area contributed by atoms with Crippen LogP contribution in [0.5, 0.6) is 0 Å². The Kier molecular flexibility index (Phi) is 4.76. The Balaban J connectivity index is 1.94. The summed E-state index contributed by atoms with van der Waals surface area (Å²) < 4.78 is 0. The number of aromatic nitrogens is 2. The van der Waals surface area contributed by atoms with Crippen LogP contribution >= 0.6 is 11.3 Å². The zero-order valence-electron chi connectivity index (χ0n) is 13.6. The Morgan fingerprint density at radius 3 is 2.71 bits per heavy atom. The first kappa shape index (κ1) is 16.4. The molecule has 2 heterocycles. The molecular weight excluding hydrogens is 322 g/mol. The molecule has 124 valence electrons. The molecule has 6 heteroatoms. The second-order valence-electron chi connectivity index (χ2n) is 5.64. The first-order valence-electron chi connectivity index (χ1n) is 7.87. The minimum Gasteiger partial charge on any atom is -0.480 e. The fourth-order valence-corrected chi connectivity index (χ4v) is 3.47. The van der Waals surface area contributed by atoms with Gasteiger partial charge in [0, 0.05) is 17.7 Å². The second kappa shape index (κ2) is 6.97. The summed E-state index contributed by atoms with van der Waals surface area (Å²) in [6.45, 7) is 4.00. The van der Waals surface area contributed by atoms with Crippen LogP contribution in [0.1, 0.15) is 23.2 Å². The molecule has 1 atom stereocenters. The van der Waals surface area contributed by atoms with Crippen molar-refractivity contribution in [1.29, 1.82) is 0 Å². The van der Waals surface area contributed by atoms with Crippen LogP contribution in [0.2, 0.25) is 0 Å². The third-order valence-corrected chi connectivity index (χ3v) is 4.71. The maximum atomic E-state index is 11.7. The Bertz CT molecular complexity index is 861. The summed E-state index contributed by atoms with van der Waals surface area (Å²) in [6.07, 6.45) is 1.10. The minimum absolute atomic E-state index is 0.395. The van der Waals surface area contributed by atoms with Gasteiger partial charge in [-0.15, -0.1) is 11.3 Å². The van der Waals surface area contributed by atoms with E-state index in [-0.39, 0.29) is 0 Å². The van der Waals surface area contributed by atoms with Crippen LogP contribution in [-0.2, 0) is 17.6 Å². The monoisotopic (exact) mass is 341 g/mol. The smallest absolute Gasteiger partial charge is 0.326 e. The highest BCUT2D eigenvalue weighted by Crippen LogP contribution is 2.29. The Morgan fingerprint density at radius 1 is 1.29 bits per heavy atom. The number of nitrogens with one attached hydrogen (secondary N) is 1. The number of benzene rings is 1. The number of fused-ring (bicyclic) bond motifs is 1. The van der Waals surface area contributed by atoms with Crippen LogP contribution in [0.3, 0.4) is 0 Å². The summed E-state index contributed by atoms with van der Waals surface area (Å²) in [5, 5.41) is 13.6. The molecule has 2 aromatic heterocycles. The lowest BCUT2D eigenvalue weighted by atomic mass is 10.1. The highest BCUT2D eigenvalue weighted by molar-refractivity contribution is 7.18. The van der Waals surface area contributed by atoms with Gasteiger partial charge in [0.05, 0.1) is 5.39 Å². The van der Waals surface area contributed by atoms with Gasteiger partial charge in [-0.1, -0.05) is 37.3 Å². The lowest BCUT2D eigenvalue weighted by molar-refractivity contribution is -0.137. The number of carboxylic acids is 1. The fourth-order valence-electron chi connectivity index (χ4n) is 2.57. The average Bonchev–Trinajstić information content (AvgIpc) is 2.95. The molecule has 24 heavy (non-hydrogen) atoms. The van der Waals surface area contributed by atoms with E-state index in [1.54, 1.807) is 11.3 Å². The van der Waals surface area contributed by atoms with E-state index >= 15 is 0 Å². The molecule has 0 saturated heterocycles. The summed E-state index contributed by atoms with van der Waals surface area (Å²) in [5.74, 6) is 0.427. The van der Waals surface area contributed by atoms with Crippen LogP contribution in [0.25, 0.3) is 10.2 Å². The molecule has 2 N–H and O–H groups in total. The molecule has 0 aliphatic rings. The van der Waals surface area contributed by atoms with E-state index in [0.717, 1.165) is 26.5 Å². The lowest BCUT2D eigenvalue weighted by Crippen LogP contribution is -2.32. The second-order valence-corrected chi connectivity index (χ2v) is 6.88. The number of aliphatic carboxylic acids is 1. The number of rotatable bonds is 6. The van der Waals surface area contributed by atoms with Crippen molar-refractivity contribution < 1.29 is 9.90 Å². The standard InChI is InChI=1S/C18H19N3O2S/c1-3-15-20-16(13-9-11(2)24-17(13)21-15)19-14(18(22)23)10-12-7-5-4-6-8-12/h4-9,14H,3,10H2,1-2H3,(H,22,23)(H,19,20,21)/t14-/m0/s1. The predicted octanol–water partition coefficient (Wildman–Crippen LogP) is 3.67. The maximum Gasteiger partial charge on any atom is 0.326 e. The van der Waals surface area contributed by atoms with Crippen LogP contribution < -0.4 is 5.32 Å². The zero-order valence-corrected chi connectivity index (χ0v) is 14.4. The Hall–Kier alpha value is -2.47. The van der Waals surface area contributed by atoms with Crippen LogP contribution in [-0.4, -0.2) is 27.1 Å². The molecular formula is C18H19N3O2S. The third kappa shape index (κ3) is 3.54. The number of thiophene rings is 1. The van der Waals surface area contributed by atoms with E-state index in [9.17, 15) is 9.90 Å². The van der Waals surface area contributed by atoms with E-state index in [1.165, 1.54) is 0 Å². The van der Waals surface area contributed by atoms with Gasteiger partial charge in [-0.25, -0.2) is 14.8 Å². The predicted molar refractivity (Wildman–Crippen MR) is 96.7 cm³/mol. The van der Waals surface area contributed by atoms with Crippen LogP contribution in [0, 0.1) is 6.92 Å². The summed E-state index contributed by atoms with van der Waals surface area (Å²) in [5.41, 5.74) is 0.972. The van der Waals surface area contributed by atoms with Crippen molar-refractivity contribution in [1.82, 2.24) is 9.97 Å². The maximum absolute atomic E-state index is 11.7. The number of nitrogens with zero attached hydrogens (tertiary/aromatic N) is 2. The number of hydrogen-bond acceptors (Lipinski definition) is 5. The van der Waals surface area contributed by atoms with E-state index < -0.39 is 12.0 Å². The van der Waals surface area contributed by atoms with Gasteiger partial charge in [0.25, 0.3) is 0 Å². The molecule has 5 nitrogen and oxygen atoms in total. The van der Waals surface area contributed by atoms with Crippen molar-refractivity contribution in [3.05, 3.63) is 52.7 Å². The highest BCUT2D eigenvalue weighted by Gasteiger charge is 2.20. The summed E-state index contributed by atoms with van der Waals surface area (Å²) >= 11 is 1.60. The van der Waals surface area contributed by atoms with Crippen molar-refractivity contribution in [3.8, 4) is 0 Å². The third-order valence-electron chi connectivity index (χ3n) is 3.77. The van der Waals surface area contributed by atoms with Gasteiger partial charge in [0.15, 0.2) is 0 Å².